The van der Waals surface area contributed by atoms with Gasteiger partial charge in [-0.3, -0.25) is 9.59 Å². The van der Waals surface area contributed by atoms with Crippen molar-refractivity contribution in [1.82, 2.24) is 14.8 Å². The van der Waals surface area contributed by atoms with Gasteiger partial charge in [0.15, 0.2) is 0 Å². The van der Waals surface area contributed by atoms with Gasteiger partial charge in [-0.25, -0.2) is 4.98 Å². The molecule has 1 fully saturated rings. The number of aryl methyl sites for hydroxylation is 1. The Morgan fingerprint density at radius 2 is 1.94 bits per heavy atom. The number of hydrogen-bond acceptors (Lipinski definition) is 5. The second-order valence-corrected chi connectivity index (χ2v) is 10.6. The molecule has 6 nitrogen and oxygen atoms in total. The minimum Gasteiger partial charge on any atom is -0.486 e. The highest BCUT2D eigenvalue weighted by molar-refractivity contribution is 7.09. The predicted octanol–water partition coefficient (Wildman–Crippen LogP) is 5.40. The SMILES string of the molecule is CCN(CC)C(=O)c1csc(COc2ccc3c(c2)C(c2cccc(C)c2)N(C(=O)C2CC2)CC3)n1. The van der Waals surface area contributed by atoms with Crippen molar-refractivity contribution < 1.29 is 14.3 Å². The van der Waals surface area contributed by atoms with Crippen LogP contribution in [0.3, 0.4) is 0 Å². The summed E-state index contributed by atoms with van der Waals surface area (Å²) >= 11 is 1.44. The van der Waals surface area contributed by atoms with Gasteiger partial charge in [0.1, 0.15) is 23.1 Å². The highest BCUT2D eigenvalue weighted by Gasteiger charge is 2.39. The lowest BCUT2D eigenvalue weighted by Gasteiger charge is -2.38. The number of carbonyl (C=O) groups excluding carboxylic acids is 2. The molecule has 7 heteroatoms. The quantitative estimate of drug-likeness (QED) is 0.413. The summed E-state index contributed by atoms with van der Waals surface area (Å²) in [6.07, 6.45) is 2.84. The highest BCUT2D eigenvalue weighted by atomic mass is 32.1. The molecule has 2 aliphatic rings. The lowest BCUT2D eigenvalue weighted by Crippen LogP contribution is -2.41. The molecule has 36 heavy (non-hydrogen) atoms. The molecule has 0 saturated heterocycles. The number of rotatable bonds is 8. The third-order valence-corrected chi connectivity index (χ3v) is 7.92. The van der Waals surface area contributed by atoms with E-state index in [4.69, 9.17) is 4.74 Å². The average Bonchev–Trinajstić information content (AvgIpc) is 3.64. The van der Waals surface area contributed by atoms with Crippen molar-refractivity contribution in [2.75, 3.05) is 19.6 Å². The largest absolute Gasteiger partial charge is 0.486 e. The summed E-state index contributed by atoms with van der Waals surface area (Å²) in [7, 11) is 0. The second kappa shape index (κ2) is 10.4. The van der Waals surface area contributed by atoms with Crippen molar-refractivity contribution in [2.24, 2.45) is 5.92 Å². The van der Waals surface area contributed by atoms with Crippen LogP contribution in [0.25, 0.3) is 0 Å². The van der Waals surface area contributed by atoms with Crippen molar-refractivity contribution in [3.05, 3.63) is 80.8 Å². The molecule has 1 saturated carbocycles. The van der Waals surface area contributed by atoms with Crippen molar-refractivity contribution in [2.45, 2.75) is 52.7 Å². The Morgan fingerprint density at radius 1 is 1.14 bits per heavy atom. The second-order valence-electron chi connectivity index (χ2n) is 9.63. The van der Waals surface area contributed by atoms with Crippen molar-refractivity contribution in [3.8, 4) is 5.75 Å². The van der Waals surface area contributed by atoms with Crippen molar-refractivity contribution in [3.63, 3.8) is 0 Å². The van der Waals surface area contributed by atoms with E-state index >= 15 is 0 Å². The molecule has 0 bridgehead atoms. The predicted molar refractivity (Wildman–Crippen MR) is 141 cm³/mol. The van der Waals surface area contributed by atoms with Gasteiger partial charge in [-0.1, -0.05) is 35.9 Å². The van der Waals surface area contributed by atoms with Crippen LogP contribution in [0.2, 0.25) is 0 Å². The molecule has 0 spiro atoms. The van der Waals surface area contributed by atoms with E-state index in [-0.39, 0.29) is 23.8 Å². The minimum atomic E-state index is -0.108. The molecule has 2 amide bonds. The van der Waals surface area contributed by atoms with E-state index in [0.717, 1.165) is 47.7 Å². The number of carbonyl (C=O) groups is 2. The van der Waals surface area contributed by atoms with Crippen LogP contribution in [-0.4, -0.2) is 46.2 Å². The zero-order valence-electron chi connectivity index (χ0n) is 21.2. The third-order valence-electron chi connectivity index (χ3n) is 7.10. The molecular weight excluding hydrogens is 470 g/mol. The Labute approximate surface area is 216 Å². The van der Waals surface area contributed by atoms with Gasteiger partial charge in [-0.15, -0.1) is 11.3 Å². The van der Waals surface area contributed by atoms with E-state index < -0.39 is 0 Å². The Balaban J connectivity index is 1.38. The van der Waals surface area contributed by atoms with Crippen LogP contribution in [0.1, 0.15) is 70.5 Å². The van der Waals surface area contributed by atoms with Gasteiger partial charge >= 0.3 is 0 Å². The average molecular weight is 504 g/mol. The summed E-state index contributed by atoms with van der Waals surface area (Å²) in [5.74, 6) is 1.15. The molecular formula is C29H33N3O3S. The normalized spacial score (nSPS) is 17.0. The third kappa shape index (κ3) is 5.03. The van der Waals surface area contributed by atoms with E-state index in [1.807, 2.05) is 19.9 Å². The van der Waals surface area contributed by atoms with Gasteiger partial charge < -0.3 is 14.5 Å². The molecule has 2 aromatic carbocycles. The summed E-state index contributed by atoms with van der Waals surface area (Å²) in [4.78, 5) is 34.2. The summed E-state index contributed by atoms with van der Waals surface area (Å²) < 4.78 is 6.15. The van der Waals surface area contributed by atoms with Gasteiger partial charge in [0.05, 0.1) is 6.04 Å². The number of fused-ring (bicyclic) bond motifs is 1. The Kier molecular flexibility index (Phi) is 7.10. The molecule has 0 N–H and O–H groups in total. The fourth-order valence-corrected chi connectivity index (χ4v) is 5.66. The van der Waals surface area contributed by atoms with Crippen LogP contribution in [0.15, 0.2) is 47.8 Å². The number of hydrogen-bond donors (Lipinski definition) is 0. The summed E-state index contributed by atoms with van der Waals surface area (Å²) in [5, 5.41) is 2.57. The Morgan fingerprint density at radius 3 is 2.67 bits per heavy atom. The first-order valence-corrected chi connectivity index (χ1v) is 13.7. The molecule has 1 aromatic heterocycles. The molecule has 3 aromatic rings. The van der Waals surface area contributed by atoms with Crippen LogP contribution in [0, 0.1) is 12.8 Å². The lowest BCUT2D eigenvalue weighted by atomic mass is 9.87. The maximum absolute atomic E-state index is 13.2. The van der Waals surface area contributed by atoms with Crippen molar-refractivity contribution in [1.29, 1.82) is 0 Å². The van der Waals surface area contributed by atoms with E-state index in [2.05, 4.69) is 53.2 Å². The first-order chi connectivity index (χ1) is 17.5. The molecule has 0 radical (unpaired) electrons. The Bertz CT molecular complexity index is 1260. The minimum absolute atomic E-state index is 0.0438. The molecule has 5 rings (SSSR count). The molecule has 188 valence electrons. The monoisotopic (exact) mass is 503 g/mol. The van der Waals surface area contributed by atoms with E-state index in [0.29, 0.717) is 25.4 Å². The van der Waals surface area contributed by atoms with Gasteiger partial charge in [0.2, 0.25) is 5.91 Å². The highest BCUT2D eigenvalue weighted by Crippen LogP contribution is 2.41. The number of nitrogens with zero attached hydrogens (tertiary/aromatic N) is 3. The van der Waals surface area contributed by atoms with Crippen LogP contribution in [0.4, 0.5) is 0 Å². The van der Waals surface area contributed by atoms with Crippen LogP contribution >= 0.6 is 11.3 Å². The van der Waals surface area contributed by atoms with E-state index in [1.54, 1.807) is 10.3 Å². The number of ether oxygens (including phenoxy) is 1. The van der Waals surface area contributed by atoms with Gasteiger partial charge in [0.25, 0.3) is 5.91 Å². The lowest BCUT2D eigenvalue weighted by molar-refractivity contribution is -0.134. The molecule has 1 atom stereocenters. The first-order valence-electron chi connectivity index (χ1n) is 12.8. The van der Waals surface area contributed by atoms with E-state index in [1.165, 1.54) is 22.5 Å². The molecule has 1 aliphatic heterocycles. The number of benzene rings is 2. The van der Waals surface area contributed by atoms with E-state index in [9.17, 15) is 9.59 Å². The number of thiazole rings is 1. The van der Waals surface area contributed by atoms with Gasteiger partial charge in [-0.2, -0.15) is 0 Å². The zero-order chi connectivity index (χ0) is 25.2. The maximum Gasteiger partial charge on any atom is 0.273 e. The standard InChI is InChI=1S/C29H33N3O3S/c1-4-31(5-2)29(34)25-18-36-26(30-25)17-35-23-12-11-20-13-14-32(28(33)21-9-10-21)27(24(20)16-23)22-8-6-7-19(3)15-22/h6-8,11-12,15-16,18,21,27H,4-5,9-10,13-14,17H2,1-3H3. The van der Waals surface area contributed by atoms with Crippen LogP contribution < -0.4 is 4.74 Å². The topological polar surface area (TPSA) is 62.7 Å². The number of amides is 2. The molecule has 1 unspecified atom stereocenters. The van der Waals surface area contributed by atoms with Crippen molar-refractivity contribution >= 4 is 23.2 Å². The summed E-state index contributed by atoms with van der Waals surface area (Å²) in [6.45, 7) is 8.40. The smallest absolute Gasteiger partial charge is 0.273 e. The fraction of sp³-hybridized carbons (Fsp3) is 0.414. The van der Waals surface area contributed by atoms with Crippen LogP contribution in [0.5, 0.6) is 5.75 Å². The van der Waals surface area contributed by atoms with Gasteiger partial charge in [0, 0.05) is 30.9 Å². The molecule has 1 aliphatic carbocycles. The Hall–Kier alpha value is -3.19. The van der Waals surface area contributed by atoms with Gasteiger partial charge in [-0.05, 0) is 68.9 Å². The van der Waals surface area contributed by atoms with Crippen LogP contribution in [-0.2, 0) is 17.8 Å². The number of aromatic nitrogens is 1. The first kappa shape index (κ1) is 24.5. The maximum atomic E-state index is 13.2. The summed E-state index contributed by atoms with van der Waals surface area (Å²) in [5.41, 5.74) is 5.19. The zero-order valence-corrected chi connectivity index (χ0v) is 22.0. The molecule has 2 heterocycles. The summed E-state index contributed by atoms with van der Waals surface area (Å²) in [6, 6.07) is 14.6. The fourth-order valence-electron chi connectivity index (χ4n) is 4.98.